The molecular weight excluding hydrogens is 464 g/mol. The molecule has 0 radical (unpaired) electrons. The number of nitrogens with one attached hydrogen (secondary N) is 1. The van der Waals surface area contributed by atoms with Crippen molar-refractivity contribution >= 4 is 45.7 Å². The number of benzene rings is 2. The lowest BCUT2D eigenvalue weighted by Gasteiger charge is -2.12. The molecule has 0 unspecified atom stereocenters. The highest BCUT2D eigenvalue weighted by Crippen LogP contribution is 2.24. The Morgan fingerprint density at radius 3 is 2.30 bits per heavy atom. The fourth-order valence-electron chi connectivity index (χ4n) is 2.97. The van der Waals surface area contributed by atoms with Gasteiger partial charge in [0.1, 0.15) is 10.6 Å². The maximum absolute atomic E-state index is 12.8. The number of aromatic nitrogens is 2. The maximum Gasteiger partial charge on any atom is 0.333 e. The van der Waals surface area contributed by atoms with Crippen molar-refractivity contribution in [2.24, 2.45) is 19.1 Å². The molecule has 0 bridgehead atoms. The quantitative estimate of drug-likeness (QED) is 0.410. The summed E-state index contributed by atoms with van der Waals surface area (Å²) in [5, 5.41) is 14.0. The Hall–Kier alpha value is -3.30. The minimum Gasteiger partial charge on any atom is -0.494 e. The van der Waals surface area contributed by atoms with Crippen molar-refractivity contribution in [2.75, 3.05) is 11.1 Å². The van der Waals surface area contributed by atoms with Crippen molar-refractivity contribution in [3.05, 3.63) is 85.5 Å². The molecule has 0 aliphatic heterocycles. The van der Waals surface area contributed by atoms with Gasteiger partial charge in [-0.3, -0.25) is 18.7 Å². The third-order valence-electron chi connectivity index (χ3n) is 4.89. The Labute approximate surface area is 199 Å². The van der Waals surface area contributed by atoms with Gasteiger partial charge in [0, 0.05) is 24.8 Å². The molecule has 8 nitrogen and oxygen atoms in total. The lowest BCUT2D eigenvalue weighted by Crippen LogP contribution is -2.39. The summed E-state index contributed by atoms with van der Waals surface area (Å²) < 4.78 is 1.83. The van der Waals surface area contributed by atoms with Gasteiger partial charge in [-0.25, -0.2) is 9.79 Å². The molecule has 33 heavy (non-hydrogen) atoms. The van der Waals surface area contributed by atoms with Crippen LogP contribution in [0, 0.1) is 0 Å². The molecule has 0 atom stereocenters. The van der Waals surface area contributed by atoms with Crippen LogP contribution in [0.5, 0.6) is 5.88 Å². The van der Waals surface area contributed by atoms with Gasteiger partial charge in [0.15, 0.2) is 0 Å². The molecule has 0 saturated carbocycles. The van der Waals surface area contributed by atoms with E-state index in [-0.39, 0.29) is 22.3 Å². The van der Waals surface area contributed by atoms with Crippen LogP contribution in [-0.4, -0.2) is 30.9 Å². The summed E-state index contributed by atoms with van der Waals surface area (Å²) in [5.74, 6) is -0.916. The van der Waals surface area contributed by atoms with Gasteiger partial charge in [-0.2, -0.15) is 0 Å². The Kier molecular flexibility index (Phi) is 7.78. The SMILES string of the molecule is CCc1ccc(NC(=O)CSC(=Nc2ccc(Cl)cc2)c2c(O)n(C)c(=O)n(C)c2=O)cc1. The number of nitrogens with zero attached hydrogens (tertiary/aromatic N) is 3. The monoisotopic (exact) mass is 486 g/mol. The minimum absolute atomic E-state index is 0.0760. The number of carbonyl (C=O) groups is 1. The summed E-state index contributed by atoms with van der Waals surface area (Å²) in [4.78, 5) is 42.0. The molecule has 1 amide bonds. The number of hydrogen-bond acceptors (Lipinski definition) is 6. The second-order valence-electron chi connectivity index (χ2n) is 7.19. The van der Waals surface area contributed by atoms with Crippen LogP contribution in [0.1, 0.15) is 18.1 Å². The molecule has 2 aromatic carbocycles. The van der Waals surface area contributed by atoms with E-state index in [2.05, 4.69) is 10.3 Å². The van der Waals surface area contributed by atoms with Crippen LogP contribution in [0.3, 0.4) is 0 Å². The second kappa shape index (κ2) is 10.5. The van der Waals surface area contributed by atoms with Crippen molar-refractivity contribution in [1.29, 1.82) is 0 Å². The van der Waals surface area contributed by atoms with E-state index in [4.69, 9.17) is 11.6 Å². The van der Waals surface area contributed by atoms with Crippen LogP contribution < -0.4 is 16.6 Å². The van der Waals surface area contributed by atoms with E-state index in [1.807, 2.05) is 31.2 Å². The van der Waals surface area contributed by atoms with Crippen LogP contribution in [0.4, 0.5) is 11.4 Å². The molecular formula is C23H23ClN4O4S. The maximum atomic E-state index is 12.8. The second-order valence-corrected chi connectivity index (χ2v) is 8.59. The Morgan fingerprint density at radius 2 is 1.70 bits per heavy atom. The van der Waals surface area contributed by atoms with Gasteiger partial charge in [-0.05, 0) is 48.4 Å². The zero-order valence-corrected chi connectivity index (χ0v) is 19.9. The molecule has 3 rings (SSSR count). The number of aryl methyl sites for hydroxylation is 1. The normalized spacial score (nSPS) is 11.5. The van der Waals surface area contributed by atoms with Crippen LogP contribution in [-0.2, 0) is 25.3 Å². The van der Waals surface area contributed by atoms with Crippen molar-refractivity contribution in [2.45, 2.75) is 13.3 Å². The summed E-state index contributed by atoms with van der Waals surface area (Å²) in [7, 11) is 2.66. The molecule has 3 aromatic rings. The highest BCUT2D eigenvalue weighted by molar-refractivity contribution is 8.15. The first-order chi connectivity index (χ1) is 15.7. The number of anilines is 1. The number of halogens is 1. The lowest BCUT2D eigenvalue weighted by molar-refractivity contribution is -0.113. The number of thioether (sulfide) groups is 1. The molecule has 1 heterocycles. The average molecular weight is 487 g/mol. The number of aromatic hydroxyl groups is 1. The number of hydrogen-bond donors (Lipinski definition) is 2. The number of aliphatic imine (C=N–C) groups is 1. The van der Waals surface area contributed by atoms with E-state index in [0.29, 0.717) is 16.4 Å². The van der Waals surface area contributed by atoms with Crippen molar-refractivity contribution in [1.82, 2.24) is 9.13 Å². The molecule has 0 aliphatic rings. The third kappa shape index (κ3) is 5.74. The Morgan fingerprint density at radius 1 is 1.06 bits per heavy atom. The van der Waals surface area contributed by atoms with E-state index in [1.54, 1.807) is 24.3 Å². The first-order valence-corrected chi connectivity index (χ1v) is 11.4. The predicted octanol–water partition coefficient (Wildman–Crippen LogP) is 3.46. The molecule has 0 fully saturated rings. The summed E-state index contributed by atoms with van der Waals surface area (Å²) >= 11 is 6.91. The van der Waals surface area contributed by atoms with Crippen molar-refractivity contribution in [3.8, 4) is 5.88 Å². The predicted molar refractivity (Wildman–Crippen MR) is 133 cm³/mol. The molecule has 0 aliphatic carbocycles. The average Bonchev–Trinajstić information content (AvgIpc) is 2.81. The molecule has 0 spiro atoms. The van der Waals surface area contributed by atoms with Gasteiger partial charge < -0.3 is 10.4 Å². The molecule has 0 saturated heterocycles. The van der Waals surface area contributed by atoms with Crippen LogP contribution in [0.15, 0.2) is 63.1 Å². The fourth-order valence-corrected chi connectivity index (χ4v) is 3.93. The van der Waals surface area contributed by atoms with E-state index in [1.165, 1.54) is 14.1 Å². The highest BCUT2D eigenvalue weighted by atomic mass is 35.5. The van der Waals surface area contributed by atoms with E-state index >= 15 is 0 Å². The summed E-state index contributed by atoms with van der Waals surface area (Å²) in [5.41, 5.74) is 0.708. The number of rotatable bonds is 6. The van der Waals surface area contributed by atoms with Crippen molar-refractivity contribution in [3.63, 3.8) is 0 Å². The van der Waals surface area contributed by atoms with Gasteiger partial charge in [0.05, 0.1) is 11.4 Å². The smallest absolute Gasteiger partial charge is 0.333 e. The largest absolute Gasteiger partial charge is 0.494 e. The third-order valence-corrected chi connectivity index (χ3v) is 6.12. The molecule has 1 aromatic heterocycles. The van der Waals surface area contributed by atoms with Crippen LogP contribution in [0.25, 0.3) is 0 Å². The fraction of sp³-hybridized carbons (Fsp3) is 0.217. The van der Waals surface area contributed by atoms with Crippen LogP contribution >= 0.6 is 23.4 Å². The summed E-state index contributed by atoms with van der Waals surface area (Å²) in [6, 6.07) is 14.0. The van der Waals surface area contributed by atoms with Gasteiger partial charge in [0.2, 0.25) is 11.8 Å². The first-order valence-electron chi connectivity index (χ1n) is 10.1. The van der Waals surface area contributed by atoms with E-state index in [0.717, 1.165) is 32.9 Å². The lowest BCUT2D eigenvalue weighted by atomic mass is 10.1. The zero-order chi connectivity index (χ0) is 24.1. The molecule has 172 valence electrons. The van der Waals surface area contributed by atoms with Gasteiger partial charge >= 0.3 is 5.69 Å². The molecule has 10 heteroatoms. The standard InChI is InChI=1S/C23H23ClN4O4S/c1-4-14-5-9-16(10-6-14)25-18(29)13-33-20(26-17-11-7-15(24)8-12-17)19-21(30)27(2)23(32)28(3)22(19)31/h5-12,30H,4,13H2,1-3H3,(H,25,29). The first kappa shape index (κ1) is 24.3. The topological polar surface area (TPSA) is 106 Å². The van der Waals surface area contributed by atoms with E-state index < -0.39 is 17.1 Å². The molecule has 2 N–H and O–H groups in total. The Bertz CT molecular complexity index is 1310. The zero-order valence-electron chi connectivity index (χ0n) is 18.3. The highest BCUT2D eigenvalue weighted by Gasteiger charge is 2.22. The summed E-state index contributed by atoms with van der Waals surface area (Å²) in [6.45, 7) is 2.05. The Balaban J connectivity index is 1.93. The van der Waals surface area contributed by atoms with Gasteiger partial charge in [-0.15, -0.1) is 0 Å². The van der Waals surface area contributed by atoms with E-state index in [9.17, 15) is 19.5 Å². The van der Waals surface area contributed by atoms with Crippen molar-refractivity contribution < 1.29 is 9.90 Å². The minimum atomic E-state index is -0.716. The van der Waals surface area contributed by atoms with Crippen LogP contribution in [0.2, 0.25) is 5.02 Å². The van der Waals surface area contributed by atoms with Gasteiger partial charge in [-0.1, -0.05) is 42.4 Å². The number of carbonyl (C=O) groups excluding carboxylic acids is 1. The van der Waals surface area contributed by atoms with Gasteiger partial charge in [0.25, 0.3) is 5.56 Å². The number of amides is 1. The summed E-state index contributed by atoms with van der Waals surface area (Å²) in [6.07, 6.45) is 0.895.